The molecule has 1 aliphatic rings. The van der Waals surface area contributed by atoms with Crippen LogP contribution in [0.25, 0.3) is 0 Å². The molecule has 0 aromatic heterocycles. The predicted octanol–water partition coefficient (Wildman–Crippen LogP) is 2.27. The highest BCUT2D eigenvalue weighted by atomic mass is 16.7. The molecular formula is C17H14N2O7. The minimum Gasteiger partial charge on any atom is -0.481 e. The molecule has 0 saturated heterocycles. The van der Waals surface area contributed by atoms with Gasteiger partial charge in [-0.05, 0) is 23.8 Å². The molecule has 1 amide bonds. The third-order valence-electron chi connectivity index (χ3n) is 3.80. The molecule has 0 bridgehead atoms. The summed E-state index contributed by atoms with van der Waals surface area (Å²) in [6, 6.07) is 9.17. The molecule has 2 aromatic carbocycles. The van der Waals surface area contributed by atoms with E-state index in [1.54, 1.807) is 6.07 Å². The number of amides is 1. The first-order valence-electron chi connectivity index (χ1n) is 7.60. The lowest BCUT2D eigenvalue weighted by Gasteiger charge is -2.17. The van der Waals surface area contributed by atoms with E-state index in [4.69, 9.17) is 14.6 Å². The van der Waals surface area contributed by atoms with E-state index >= 15 is 0 Å². The van der Waals surface area contributed by atoms with Gasteiger partial charge in [-0.2, -0.15) is 0 Å². The van der Waals surface area contributed by atoms with Crippen LogP contribution in [0.3, 0.4) is 0 Å². The van der Waals surface area contributed by atoms with Crippen molar-refractivity contribution < 1.29 is 29.1 Å². The highest BCUT2D eigenvalue weighted by molar-refractivity contribution is 5.95. The van der Waals surface area contributed by atoms with Crippen LogP contribution in [-0.2, 0) is 4.79 Å². The predicted molar refractivity (Wildman–Crippen MR) is 88.1 cm³/mol. The van der Waals surface area contributed by atoms with Gasteiger partial charge in [0.2, 0.25) is 6.79 Å². The van der Waals surface area contributed by atoms with Crippen LogP contribution in [0.4, 0.5) is 5.69 Å². The van der Waals surface area contributed by atoms with E-state index in [9.17, 15) is 19.7 Å². The van der Waals surface area contributed by atoms with E-state index in [2.05, 4.69) is 5.32 Å². The third kappa shape index (κ3) is 3.72. The minimum absolute atomic E-state index is 0.0652. The Morgan fingerprint density at radius 1 is 1.19 bits per heavy atom. The zero-order chi connectivity index (χ0) is 18.7. The van der Waals surface area contributed by atoms with Gasteiger partial charge in [0, 0.05) is 17.7 Å². The summed E-state index contributed by atoms with van der Waals surface area (Å²) < 4.78 is 10.4. The van der Waals surface area contributed by atoms with Crippen LogP contribution in [0, 0.1) is 10.1 Å². The van der Waals surface area contributed by atoms with Gasteiger partial charge in [0.05, 0.1) is 17.4 Å². The van der Waals surface area contributed by atoms with Crippen LogP contribution in [0.2, 0.25) is 0 Å². The van der Waals surface area contributed by atoms with Crippen molar-refractivity contribution in [2.24, 2.45) is 0 Å². The van der Waals surface area contributed by atoms with Gasteiger partial charge in [-0.3, -0.25) is 19.7 Å². The molecule has 1 atom stereocenters. The second-order valence-electron chi connectivity index (χ2n) is 5.54. The molecular weight excluding hydrogens is 344 g/mol. The molecule has 26 heavy (non-hydrogen) atoms. The first kappa shape index (κ1) is 17.2. The fraction of sp³-hybridized carbons (Fsp3) is 0.176. The van der Waals surface area contributed by atoms with Gasteiger partial charge in [-0.1, -0.05) is 12.1 Å². The summed E-state index contributed by atoms with van der Waals surface area (Å²) in [6.07, 6.45) is -0.419. The smallest absolute Gasteiger partial charge is 0.305 e. The summed E-state index contributed by atoms with van der Waals surface area (Å²) in [5.41, 5.74) is 0.404. The topological polar surface area (TPSA) is 128 Å². The molecule has 0 radical (unpaired) electrons. The number of nitrogens with zero attached hydrogens (tertiary/aromatic N) is 1. The number of nitro groups is 1. The van der Waals surface area contributed by atoms with Gasteiger partial charge in [0.1, 0.15) is 0 Å². The van der Waals surface area contributed by atoms with Gasteiger partial charge in [-0.15, -0.1) is 0 Å². The second-order valence-corrected chi connectivity index (χ2v) is 5.54. The van der Waals surface area contributed by atoms with E-state index in [1.807, 2.05) is 0 Å². The third-order valence-corrected chi connectivity index (χ3v) is 3.80. The number of carbonyl (C=O) groups excluding carboxylic acids is 1. The fourth-order valence-corrected chi connectivity index (χ4v) is 2.56. The first-order chi connectivity index (χ1) is 12.4. The number of hydrogen-bond donors (Lipinski definition) is 2. The zero-order valence-electron chi connectivity index (χ0n) is 13.4. The Balaban J connectivity index is 1.84. The molecule has 134 valence electrons. The number of aliphatic carboxylic acids is 1. The Bertz CT molecular complexity index is 881. The number of non-ortho nitro benzene ring substituents is 1. The maximum absolute atomic E-state index is 12.5. The summed E-state index contributed by atoms with van der Waals surface area (Å²) in [7, 11) is 0. The van der Waals surface area contributed by atoms with Gasteiger partial charge in [0.25, 0.3) is 11.6 Å². The van der Waals surface area contributed by atoms with Crippen molar-refractivity contribution in [3.05, 3.63) is 63.7 Å². The second kappa shape index (κ2) is 7.09. The standard InChI is InChI=1S/C17H14N2O7/c20-16(21)8-13(10-2-1-3-12(6-10)19(23)24)18-17(22)11-4-5-14-15(7-11)26-9-25-14/h1-7,13H,8-9H2,(H,18,22)(H,20,21)/t13-/m1/s1. The quantitative estimate of drug-likeness (QED) is 0.599. The number of hydrogen-bond acceptors (Lipinski definition) is 6. The molecule has 2 N–H and O–H groups in total. The van der Waals surface area contributed by atoms with Crippen molar-refractivity contribution in [2.75, 3.05) is 6.79 Å². The number of carboxylic acid groups (broad SMARTS) is 1. The van der Waals surface area contributed by atoms with Crippen LogP contribution in [0.1, 0.15) is 28.4 Å². The Labute approximate surface area is 147 Å². The number of carboxylic acids is 1. The highest BCUT2D eigenvalue weighted by Crippen LogP contribution is 2.32. The first-order valence-corrected chi connectivity index (χ1v) is 7.60. The van der Waals surface area contributed by atoms with Gasteiger partial charge >= 0.3 is 5.97 Å². The molecule has 0 saturated carbocycles. The van der Waals surface area contributed by atoms with Gasteiger partial charge in [-0.25, -0.2) is 0 Å². The van der Waals surface area contributed by atoms with E-state index < -0.39 is 29.3 Å². The average Bonchev–Trinajstić information content (AvgIpc) is 3.08. The number of ether oxygens (including phenoxy) is 2. The monoisotopic (exact) mass is 358 g/mol. The number of nitro benzene ring substituents is 1. The van der Waals surface area contributed by atoms with Crippen LogP contribution < -0.4 is 14.8 Å². The Morgan fingerprint density at radius 3 is 2.69 bits per heavy atom. The summed E-state index contributed by atoms with van der Waals surface area (Å²) >= 11 is 0. The van der Waals surface area contributed by atoms with E-state index in [1.165, 1.54) is 36.4 Å². The Kier molecular flexibility index (Phi) is 4.70. The number of carbonyl (C=O) groups is 2. The van der Waals surface area contributed by atoms with Crippen LogP contribution >= 0.6 is 0 Å². The maximum Gasteiger partial charge on any atom is 0.305 e. The van der Waals surface area contributed by atoms with Crippen LogP contribution in [-0.4, -0.2) is 28.7 Å². The summed E-state index contributed by atoms with van der Waals surface area (Å²) in [5, 5.41) is 22.6. The molecule has 9 nitrogen and oxygen atoms in total. The SMILES string of the molecule is O=C(O)C[C@@H](NC(=O)c1ccc2c(c1)OCO2)c1cccc([N+](=O)[O-])c1. The molecule has 2 aromatic rings. The van der Waals surface area contributed by atoms with E-state index in [0.29, 0.717) is 17.1 Å². The molecule has 1 aliphatic heterocycles. The molecule has 3 rings (SSSR count). The molecule has 9 heteroatoms. The number of rotatable bonds is 6. The lowest BCUT2D eigenvalue weighted by Crippen LogP contribution is -2.30. The molecule has 0 unspecified atom stereocenters. The molecule has 0 fully saturated rings. The van der Waals surface area contributed by atoms with Crippen LogP contribution in [0.5, 0.6) is 11.5 Å². The Morgan fingerprint density at radius 2 is 1.96 bits per heavy atom. The molecule has 0 aliphatic carbocycles. The van der Waals surface area contributed by atoms with Crippen LogP contribution in [0.15, 0.2) is 42.5 Å². The maximum atomic E-state index is 12.5. The fourth-order valence-electron chi connectivity index (χ4n) is 2.56. The lowest BCUT2D eigenvalue weighted by molar-refractivity contribution is -0.384. The zero-order valence-corrected chi connectivity index (χ0v) is 13.4. The normalized spacial score (nSPS) is 13.1. The molecule has 1 heterocycles. The van der Waals surface area contributed by atoms with E-state index in [-0.39, 0.29) is 18.0 Å². The lowest BCUT2D eigenvalue weighted by atomic mass is 10.0. The van der Waals surface area contributed by atoms with E-state index in [0.717, 1.165) is 0 Å². The Hall–Kier alpha value is -3.62. The van der Waals surface area contributed by atoms with Crippen molar-refractivity contribution in [3.63, 3.8) is 0 Å². The van der Waals surface area contributed by atoms with Crippen molar-refractivity contribution >= 4 is 17.6 Å². The number of fused-ring (bicyclic) bond motifs is 1. The van der Waals surface area contributed by atoms with Gasteiger partial charge in [0.15, 0.2) is 11.5 Å². The minimum atomic E-state index is -1.15. The highest BCUT2D eigenvalue weighted by Gasteiger charge is 2.22. The van der Waals surface area contributed by atoms with Crippen molar-refractivity contribution in [1.82, 2.24) is 5.32 Å². The summed E-state index contributed by atoms with van der Waals surface area (Å²) in [4.78, 5) is 34.0. The average molecular weight is 358 g/mol. The van der Waals surface area contributed by atoms with Crippen molar-refractivity contribution in [3.8, 4) is 11.5 Å². The molecule has 0 spiro atoms. The number of benzene rings is 2. The number of nitrogens with one attached hydrogen (secondary N) is 1. The van der Waals surface area contributed by atoms with Crippen molar-refractivity contribution in [1.29, 1.82) is 0 Å². The largest absolute Gasteiger partial charge is 0.481 e. The summed E-state index contributed by atoms with van der Waals surface area (Å²) in [5.74, 6) is -0.737. The summed E-state index contributed by atoms with van der Waals surface area (Å²) in [6.45, 7) is 0.0652. The van der Waals surface area contributed by atoms with Gasteiger partial charge < -0.3 is 19.9 Å². The van der Waals surface area contributed by atoms with Crippen molar-refractivity contribution in [2.45, 2.75) is 12.5 Å².